The number of hydrogen-bond acceptors (Lipinski definition) is 3. The molecule has 0 saturated carbocycles. The van der Waals surface area contributed by atoms with Crippen LogP contribution in [0.3, 0.4) is 0 Å². The molecule has 3 rings (SSSR count). The van der Waals surface area contributed by atoms with Gasteiger partial charge in [-0.3, -0.25) is 0 Å². The fraction of sp³-hybridized carbons (Fsp3) is 0.400. The maximum Gasteiger partial charge on any atom is 0.107 e. The molecule has 2 aromatic rings. The minimum Gasteiger partial charge on any atom is -0.376 e. The van der Waals surface area contributed by atoms with Gasteiger partial charge < -0.3 is 14.2 Å². The van der Waals surface area contributed by atoms with Crippen molar-refractivity contribution in [1.29, 1.82) is 0 Å². The van der Waals surface area contributed by atoms with Gasteiger partial charge in [0, 0.05) is 6.42 Å². The molecule has 1 heterocycles. The highest BCUT2D eigenvalue weighted by Gasteiger charge is 2.30. The van der Waals surface area contributed by atoms with Gasteiger partial charge in [0.2, 0.25) is 0 Å². The van der Waals surface area contributed by atoms with Gasteiger partial charge in [0.05, 0.1) is 32.0 Å². The van der Waals surface area contributed by atoms with Crippen molar-refractivity contribution in [3.63, 3.8) is 0 Å². The Hall–Kier alpha value is -1.68. The summed E-state index contributed by atoms with van der Waals surface area (Å²) in [6, 6.07) is 20.5. The van der Waals surface area contributed by atoms with Crippen LogP contribution in [0.25, 0.3) is 0 Å². The molecule has 3 heteroatoms. The standard InChI is InChI=1S/C20H24O3/c1-16-12-19(22-13-17-8-4-2-5-9-17)20(15-21-16)23-14-18-10-6-3-7-11-18/h2-11,16,19-20H,12-15H2,1H3/t16?,19-,20-/m1/s1. The molecule has 1 saturated heterocycles. The quantitative estimate of drug-likeness (QED) is 0.808. The maximum absolute atomic E-state index is 6.14. The number of benzene rings is 2. The lowest BCUT2D eigenvalue weighted by molar-refractivity contribution is -0.167. The Labute approximate surface area is 138 Å². The van der Waals surface area contributed by atoms with Crippen LogP contribution in [0.5, 0.6) is 0 Å². The summed E-state index contributed by atoms with van der Waals surface area (Å²) in [5.74, 6) is 0. The molecule has 0 spiro atoms. The summed E-state index contributed by atoms with van der Waals surface area (Å²) in [4.78, 5) is 0. The lowest BCUT2D eigenvalue weighted by Crippen LogP contribution is -2.43. The highest BCUT2D eigenvalue weighted by Crippen LogP contribution is 2.22. The van der Waals surface area contributed by atoms with Crippen molar-refractivity contribution in [3.8, 4) is 0 Å². The molecule has 1 aliphatic heterocycles. The topological polar surface area (TPSA) is 27.7 Å². The van der Waals surface area contributed by atoms with Gasteiger partial charge in [-0.25, -0.2) is 0 Å². The second-order valence-electron chi connectivity index (χ2n) is 6.05. The number of hydrogen-bond donors (Lipinski definition) is 0. The molecule has 23 heavy (non-hydrogen) atoms. The zero-order valence-electron chi connectivity index (χ0n) is 13.6. The van der Waals surface area contributed by atoms with E-state index in [1.807, 2.05) is 36.4 Å². The van der Waals surface area contributed by atoms with Crippen LogP contribution in [-0.4, -0.2) is 24.9 Å². The van der Waals surface area contributed by atoms with Crippen molar-refractivity contribution >= 4 is 0 Å². The molecule has 122 valence electrons. The van der Waals surface area contributed by atoms with E-state index in [1.54, 1.807) is 0 Å². The van der Waals surface area contributed by atoms with E-state index in [2.05, 4.69) is 31.2 Å². The predicted octanol–water partition coefficient (Wildman–Crippen LogP) is 3.97. The largest absolute Gasteiger partial charge is 0.376 e. The second kappa shape index (κ2) is 8.25. The number of rotatable bonds is 6. The molecule has 2 aromatic carbocycles. The lowest BCUT2D eigenvalue weighted by Gasteiger charge is -2.34. The van der Waals surface area contributed by atoms with Crippen molar-refractivity contribution in [2.75, 3.05) is 6.61 Å². The van der Waals surface area contributed by atoms with E-state index >= 15 is 0 Å². The fourth-order valence-electron chi connectivity index (χ4n) is 2.80. The van der Waals surface area contributed by atoms with E-state index in [0.717, 1.165) is 6.42 Å². The zero-order valence-corrected chi connectivity index (χ0v) is 13.6. The van der Waals surface area contributed by atoms with Crippen LogP contribution >= 0.6 is 0 Å². The first-order valence-corrected chi connectivity index (χ1v) is 8.24. The smallest absolute Gasteiger partial charge is 0.107 e. The van der Waals surface area contributed by atoms with Crippen LogP contribution in [0.2, 0.25) is 0 Å². The third-order valence-electron chi connectivity index (χ3n) is 4.14. The first-order valence-electron chi connectivity index (χ1n) is 8.24. The molecule has 1 aliphatic rings. The fourth-order valence-corrected chi connectivity index (χ4v) is 2.80. The summed E-state index contributed by atoms with van der Waals surface area (Å²) in [5, 5.41) is 0. The average Bonchev–Trinajstić information content (AvgIpc) is 2.61. The molecule has 0 N–H and O–H groups in total. The minimum absolute atomic E-state index is 0.0184. The van der Waals surface area contributed by atoms with Crippen molar-refractivity contribution in [2.45, 2.75) is 44.9 Å². The monoisotopic (exact) mass is 312 g/mol. The molecule has 0 aromatic heterocycles. The summed E-state index contributed by atoms with van der Waals surface area (Å²) < 4.78 is 18.0. The van der Waals surface area contributed by atoms with E-state index < -0.39 is 0 Å². The van der Waals surface area contributed by atoms with Crippen molar-refractivity contribution in [2.24, 2.45) is 0 Å². The van der Waals surface area contributed by atoms with E-state index in [-0.39, 0.29) is 18.3 Å². The average molecular weight is 312 g/mol. The Kier molecular flexibility index (Phi) is 5.81. The van der Waals surface area contributed by atoms with Crippen molar-refractivity contribution < 1.29 is 14.2 Å². The Morgan fingerprint density at radius 1 is 0.826 bits per heavy atom. The first kappa shape index (κ1) is 16.2. The van der Waals surface area contributed by atoms with Gasteiger partial charge in [0.25, 0.3) is 0 Å². The van der Waals surface area contributed by atoms with Crippen LogP contribution in [0.15, 0.2) is 60.7 Å². The molecule has 1 unspecified atom stereocenters. The van der Waals surface area contributed by atoms with Gasteiger partial charge in [-0.15, -0.1) is 0 Å². The van der Waals surface area contributed by atoms with Crippen LogP contribution < -0.4 is 0 Å². The van der Waals surface area contributed by atoms with Crippen molar-refractivity contribution in [3.05, 3.63) is 71.8 Å². The first-order chi connectivity index (χ1) is 11.3. The third kappa shape index (κ3) is 4.90. The van der Waals surface area contributed by atoms with Gasteiger partial charge in [0.15, 0.2) is 0 Å². The van der Waals surface area contributed by atoms with Crippen LogP contribution in [0, 0.1) is 0 Å². The summed E-state index contributed by atoms with van der Waals surface area (Å²) in [6.07, 6.45) is 1.14. The second-order valence-corrected chi connectivity index (χ2v) is 6.05. The summed E-state index contributed by atoms with van der Waals surface area (Å²) >= 11 is 0. The highest BCUT2D eigenvalue weighted by atomic mass is 16.6. The molecule has 0 radical (unpaired) electrons. The van der Waals surface area contributed by atoms with Crippen molar-refractivity contribution in [1.82, 2.24) is 0 Å². The molecular weight excluding hydrogens is 288 g/mol. The van der Waals surface area contributed by atoms with Crippen LogP contribution in [0.4, 0.5) is 0 Å². The van der Waals surface area contributed by atoms with E-state index in [0.29, 0.717) is 19.8 Å². The van der Waals surface area contributed by atoms with Gasteiger partial charge in [-0.05, 0) is 18.1 Å². The molecule has 3 nitrogen and oxygen atoms in total. The van der Waals surface area contributed by atoms with E-state index in [9.17, 15) is 0 Å². The molecule has 0 aliphatic carbocycles. The predicted molar refractivity (Wildman–Crippen MR) is 90.1 cm³/mol. The molecule has 1 fully saturated rings. The Morgan fingerprint density at radius 2 is 1.35 bits per heavy atom. The summed E-state index contributed by atoms with van der Waals surface area (Å²) in [5.41, 5.74) is 2.36. The van der Waals surface area contributed by atoms with Gasteiger partial charge in [0.1, 0.15) is 6.10 Å². The van der Waals surface area contributed by atoms with Gasteiger partial charge in [-0.2, -0.15) is 0 Å². The highest BCUT2D eigenvalue weighted by molar-refractivity contribution is 5.14. The lowest BCUT2D eigenvalue weighted by atomic mass is 10.0. The SMILES string of the molecule is CC1C[C@@H](OCc2ccccc2)[C@H](OCc2ccccc2)CO1. The normalized spacial score (nSPS) is 24.5. The summed E-state index contributed by atoms with van der Waals surface area (Å²) in [7, 11) is 0. The van der Waals surface area contributed by atoms with Crippen LogP contribution in [0.1, 0.15) is 24.5 Å². The van der Waals surface area contributed by atoms with E-state index in [1.165, 1.54) is 11.1 Å². The zero-order chi connectivity index (χ0) is 15.9. The maximum atomic E-state index is 6.14. The van der Waals surface area contributed by atoms with Gasteiger partial charge >= 0.3 is 0 Å². The Morgan fingerprint density at radius 3 is 1.91 bits per heavy atom. The number of ether oxygens (including phenoxy) is 3. The molecule has 3 atom stereocenters. The molecular formula is C20H24O3. The molecule has 0 amide bonds. The summed E-state index contributed by atoms with van der Waals surface area (Å²) in [6.45, 7) is 3.89. The minimum atomic E-state index is -0.0184. The van der Waals surface area contributed by atoms with Crippen LogP contribution in [-0.2, 0) is 27.4 Å². The Balaban J connectivity index is 1.55. The third-order valence-corrected chi connectivity index (χ3v) is 4.14. The van der Waals surface area contributed by atoms with E-state index in [4.69, 9.17) is 14.2 Å². The molecule has 0 bridgehead atoms. The van der Waals surface area contributed by atoms with Gasteiger partial charge in [-0.1, -0.05) is 60.7 Å². The Bertz CT molecular complexity index is 570.